The first-order valence-corrected chi connectivity index (χ1v) is 11.8. The van der Waals surface area contributed by atoms with E-state index in [4.69, 9.17) is 4.74 Å². The van der Waals surface area contributed by atoms with E-state index < -0.39 is 5.41 Å². The molecule has 0 aromatic heterocycles. The third kappa shape index (κ3) is 3.10. The largest absolute Gasteiger partial charge is 0.469 e. The summed E-state index contributed by atoms with van der Waals surface area (Å²) in [6.07, 6.45) is 5.87. The molecule has 0 spiro atoms. The Morgan fingerprint density at radius 2 is 1.83 bits per heavy atom. The van der Waals surface area contributed by atoms with Crippen LogP contribution in [0.1, 0.15) is 78.6 Å². The summed E-state index contributed by atoms with van der Waals surface area (Å²) in [6.45, 7) is 6.50. The molecule has 30 heavy (non-hydrogen) atoms. The molecule has 0 aromatic carbocycles. The molecule has 0 heterocycles. The lowest BCUT2D eigenvalue weighted by atomic mass is 9.44. The standard InChI is InChI=1S/C25H36O5/c1-14(5-8-22(29)30-4)17-6-7-18-23-19(13-21(28)25(17,18)3)24(2)10-9-16(26)11-15(24)12-20(23)27/h14-15,17-19,23H,5-13H2,1-4H3/t14-,15+,17?,18+,19+,23+,24+,25-/m1/s1. The molecule has 0 N–H and O–H groups in total. The summed E-state index contributed by atoms with van der Waals surface area (Å²) in [7, 11) is 1.41. The van der Waals surface area contributed by atoms with E-state index in [0.29, 0.717) is 43.7 Å². The number of methoxy groups -OCH3 is 1. The number of ether oxygens (including phenoxy) is 1. The van der Waals surface area contributed by atoms with Crippen molar-refractivity contribution in [3.8, 4) is 0 Å². The molecule has 1 unspecified atom stereocenters. The van der Waals surface area contributed by atoms with Gasteiger partial charge in [-0.3, -0.25) is 19.2 Å². The summed E-state index contributed by atoms with van der Waals surface area (Å²) < 4.78 is 4.80. The summed E-state index contributed by atoms with van der Waals surface area (Å²) in [4.78, 5) is 50.7. The van der Waals surface area contributed by atoms with Gasteiger partial charge in [-0.2, -0.15) is 0 Å². The molecule has 8 atom stereocenters. The van der Waals surface area contributed by atoms with Gasteiger partial charge in [-0.1, -0.05) is 20.8 Å². The van der Waals surface area contributed by atoms with Crippen molar-refractivity contribution < 1.29 is 23.9 Å². The molecular weight excluding hydrogens is 380 g/mol. The maximum absolute atomic E-state index is 13.7. The Morgan fingerprint density at radius 3 is 2.53 bits per heavy atom. The van der Waals surface area contributed by atoms with E-state index in [1.807, 2.05) is 0 Å². The average molecular weight is 417 g/mol. The summed E-state index contributed by atoms with van der Waals surface area (Å²) in [6, 6.07) is 0. The van der Waals surface area contributed by atoms with Crippen LogP contribution in [0.2, 0.25) is 0 Å². The van der Waals surface area contributed by atoms with Crippen molar-refractivity contribution in [1.29, 1.82) is 0 Å². The SMILES string of the molecule is COC(=O)CC[C@@H](C)C1CC[C@H]2[C@@H]3C(=O)C[C@@H]4CC(=O)CC[C@]4(C)[C@H]3CC(=O)[C@]12C. The van der Waals surface area contributed by atoms with Crippen molar-refractivity contribution in [2.75, 3.05) is 7.11 Å². The fourth-order valence-electron chi connectivity index (χ4n) is 8.04. The van der Waals surface area contributed by atoms with E-state index in [1.165, 1.54) is 7.11 Å². The average Bonchev–Trinajstić information content (AvgIpc) is 3.06. The number of rotatable bonds is 4. The molecule has 0 amide bonds. The van der Waals surface area contributed by atoms with Crippen LogP contribution in [-0.2, 0) is 23.9 Å². The monoisotopic (exact) mass is 416 g/mol. The summed E-state index contributed by atoms with van der Waals surface area (Å²) in [5, 5.41) is 0. The second-order valence-electron chi connectivity index (χ2n) is 11.0. The molecule has 0 radical (unpaired) electrons. The van der Waals surface area contributed by atoms with Crippen LogP contribution >= 0.6 is 0 Å². The summed E-state index contributed by atoms with van der Waals surface area (Å²) >= 11 is 0. The van der Waals surface area contributed by atoms with E-state index in [-0.39, 0.29) is 52.7 Å². The van der Waals surface area contributed by atoms with Crippen LogP contribution in [0.15, 0.2) is 0 Å². The van der Waals surface area contributed by atoms with Gasteiger partial charge < -0.3 is 4.74 Å². The third-order valence-electron chi connectivity index (χ3n) is 9.94. The Balaban J connectivity index is 1.60. The van der Waals surface area contributed by atoms with Crippen molar-refractivity contribution in [2.45, 2.75) is 78.6 Å². The van der Waals surface area contributed by atoms with Crippen LogP contribution in [0.3, 0.4) is 0 Å². The zero-order chi connectivity index (χ0) is 21.8. The Labute approximate surface area is 179 Å². The second kappa shape index (κ2) is 7.56. The van der Waals surface area contributed by atoms with Gasteiger partial charge in [-0.15, -0.1) is 0 Å². The Hall–Kier alpha value is -1.52. The lowest BCUT2D eigenvalue weighted by Crippen LogP contribution is -2.60. The van der Waals surface area contributed by atoms with Crippen LogP contribution in [0.4, 0.5) is 0 Å². The first-order valence-electron chi connectivity index (χ1n) is 11.8. The minimum Gasteiger partial charge on any atom is -0.469 e. The van der Waals surface area contributed by atoms with Gasteiger partial charge in [0.25, 0.3) is 0 Å². The number of ketones is 3. The summed E-state index contributed by atoms with van der Waals surface area (Å²) in [5.74, 6) is 1.41. The van der Waals surface area contributed by atoms with Gasteiger partial charge in [0.05, 0.1) is 7.11 Å². The highest BCUT2D eigenvalue weighted by molar-refractivity contribution is 5.93. The number of Topliss-reactive ketones (excluding diaryl/α,β-unsaturated/α-hetero) is 3. The molecule has 0 bridgehead atoms. The van der Waals surface area contributed by atoms with Gasteiger partial charge in [0.2, 0.25) is 0 Å². The fourth-order valence-corrected chi connectivity index (χ4v) is 8.04. The molecule has 0 saturated heterocycles. The minimum absolute atomic E-state index is 0.0417. The number of hydrogen-bond donors (Lipinski definition) is 0. The van der Waals surface area contributed by atoms with Crippen LogP contribution in [0, 0.1) is 46.3 Å². The molecule has 5 heteroatoms. The van der Waals surface area contributed by atoms with Crippen molar-refractivity contribution >= 4 is 23.3 Å². The van der Waals surface area contributed by atoms with Gasteiger partial charge in [-0.05, 0) is 60.7 Å². The summed E-state index contributed by atoms with van der Waals surface area (Å²) in [5.41, 5.74) is -0.544. The second-order valence-corrected chi connectivity index (χ2v) is 11.0. The molecule has 4 fully saturated rings. The van der Waals surface area contributed by atoms with Gasteiger partial charge in [-0.25, -0.2) is 0 Å². The molecule has 4 saturated carbocycles. The number of esters is 1. The smallest absolute Gasteiger partial charge is 0.305 e. The number of carbonyl (C=O) groups is 4. The van der Waals surface area contributed by atoms with Gasteiger partial charge >= 0.3 is 5.97 Å². The van der Waals surface area contributed by atoms with Gasteiger partial charge in [0.1, 0.15) is 17.3 Å². The number of fused-ring (bicyclic) bond motifs is 5. The van der Waals surface area contributed by atoms with E-state index in [9.17, 15) is 19.2 Å². The molecule has 0 aliphatic heterocycles. The number of hydrogen-bond acceptors (Lipinski definition) is 5. The predicted octanol–water partition coefficient (Wildman–Crippen LogP) is 4.16. The lowest BCUT2D eigenvalue weighted by Gasteiger charge is -2.58. The normalized spacial score (nSPS) is 44.1. The molecular formula is C25H36O5. The van der Waals surface area contributed by atoms with Crippen LogP contribution in [0.5, 0.6) is 0 Å². The quantitative estimate of drug-likeness (QED) is 0.643. The number of carbonyl (C=O) groups excluding carboxylic acids is 4. The Bertz CT molecular complexity index is 772. The zero-order valence-electron chi connectivity index (χ0n) is 18.9. The third-order valence-corrected chi connectivity index (χ3v) is 9.94. The van der Waals surface area contributed by atoms with E-state index in [0.717, 1.165) is 25.7 Å². The zero-order valence-corrected chi connectivity index (χ0v) is 18.9. The van der Waals surface area contributed by atoms with E-state index in [1.54, 1.807) is 0 Å². The van der Waals surface area contributed by atoms with Crippen LogP contribution < -0.4 is 0 Å². The Morgan fingerprint density at radius 1 is 1.10 bits per heavy atom. The van der Waals surface area contributed by atoms with Crippen LogP contribution in [-0.4, -0.2) is 30.4 Å². The first kappa shape index (κ1) is 21.7. The highest BCUT2D eigenvalue weighted by atomic mass is 16.5. The van der Waals surface area contributed by atoms with Gasteiger partial charge in [0.15, 0.2) is 0 Å². The topological polar surface area (TPSA) is 77.5 Å². The fraction of sp³-hybridized carbons (Fsp3) is 0.840. The van der Waals surface area contributed by atoms with Crippen molar-refractivity contribution in [2.24, 2.45) is 46.3 Å². The molecule has 4 aliphatic carbocycles. The maximum Gasteiger partial charge on any atom is 0.305 e. The highest BCUT2D eigenvalue weighted by Crippen LogP contribution is 2.66. The molecule has 5 nitrogen and oxygen atoms in total. The van der Waals surface area contributed by atoms with Gasteiger partial charge in [0, 0.05) is 43.4 Å². The molecule has 166 valence electrons. The van der Waals surface area contributed by atoms with Crippen molar-refractivity contribution in [3.05, 3.63) is 0 Å². The lowest BCUT2D eigenvalue weighted by molar-refractivity contribution is -0.166. The van der Waals surface area contributed by atoms with E-state index >= 15 is 0 Å². The van der Waals surface area contributed by atoms with Crippen LogP contribution in [0.25, 0.3) is 0 Å². The van der Waals surface area contributed by atoms with Crippen molar-refractivity contribution in [1.82, 2.24) is 0 Å². The molecule has 4 rings (SSSR count). The Kier molecular flexibility index (Phi) is 5.47. The molecule has 0 aromatic rings. The predicted molar refractivity (Wildman–Crippen MR) is 111 cm³/mol. The maximum atomic E-state index is 13.7. The highest BCUT2D eigenvalue weighted by Gasteiger charge is 2.66. The van der Waals surface area contributed by atoms with E-state index in [2.05, 4.69) is 20.8 Å². The minimum atomic E-state index is -0.472. The molecule has 4 aliphatic rings. The van der Waals surface area contributed by atoms with Crippen molar-refractivity contribution in [3.63, 3.8) is 0 Å². The first-order chi connectivity index (χ1) is 14.1.